The number of benzene rings is 2. The summed E-state index contributed by atoms with van der Waals surface area (Å²) in [6, 6.07) is 13.6. The SMILES string of the molecule is COC(=O)N[C@H](C(=O)N1CCC[C@H]1c1ncc(-c2ccc3c(c2)cc2n3[C@H](c3ccc(C4CC4)s3)Oc3cc(-c4cnc([C@@H]5CCCN5C(=O)[C@@H](NC(=O)OC)[C@@H]5CCOC(C)(C)C5)[nH]4)cc(F)c3-2)[nH]1)C(C)C. The van der Waals surface area contributed by atoms with Crippen LogP contribution in [0.3, 0.4) is 0 Å². The van der Waals surface area contributed by atoms with Crippen LogP contribution in [0.5, 0.6) is 5.75 Å². The molecule has 4 aliphatic heterocycles. The van der Waals surface area contributed by atoms with Crippen LogP contribution in [0.15, 0.2) is 60.9 Å². The van der Waals surface area contributed by atoms with E-state index in [9.17, 15) is 19.2 Å². The zero-order valence-electron chi connectivity index (χ0n) is 42.0. The molecular formula is C54H62FN9O8S. The van der Waals surface area contributed by atoms with Crippen molar-refractivity contribution in [1.29, 1.82) is 0 Å². The van der Waals surface area contributed by atoms with Crippen molar-refractivity contribution in [2.75, 3.05) is 33.9 Å². The molecule has 1 saturated carbocycles. The number of methoxy groups -OCH3 is 2. The second kappa shape index (κ2) is 19.3. The number of ether oxygens (including phenoxy) is 4. The molecule has 3 saturated heterocycles. The van der Waals surface area contributed by atoms with Crippen LogP contribution in [0.25, 0.3) is 44.7 Å². The van der Waals surface area contributed by atoms with Crippen LogP contribution in [0, 0.1) is 17.7 Å². The Morgan fingerprint density at radius 1 is 0.808 bits per heavy atom. The number of fused-ring (bicyclic) bond motifs is 5. The minimum absolute atomic E-state index is 0.151. The van der Waals surface area contributed by atoms with Crippen molar-refractivity contribution in [3.8, 4) is 39.5 Å². The highest BCUT2D eigenvalue weighted by molar-refractivity contribution is 7.12. The van der Waals surface area contributed by atoms with Crippen LogP contribution in [0.4, 0.5) is 14.0 Å². The van der Waals surface area contributed by atoms with Crippen LogP contribution >= 0.6 is 11.3 Å². The first kappa shape index (κ1) is 48.5. The number of hydrogen-bond acceptors (Lipinski definition) is 11. The summed E-state index contributed by atoms with van der Waals surface area (Å²) in [5.41, 5.74) is 4.24. The fourth-order valence-electron chi connectivity index (χ4n) is 11.5. The monoisotopic (exact) mass is 1020 g/mol. The van der Waals surface area contributed by atoms with Crippen molar-refractivity contribution in [3.63, 3.8) is 0 Å². The van der Waals surface area contributed by atoms with Crippen LogP contribution in [-0.2, 0) is 23.8 Å². The Hall–Kier alpha value is -6.73. The number of alkyl carbamates (subject to hydrolysis) is 2. The number of amides is 4. The smallest absolute Gasteiger partial charge is 0.407 e. The van der Waals surface area contributed by atoms with Crippen LogP contribution in [0.2, 0.25) is 0 Å². The molecule has 384 valence electrons. The van der Waals surface area contributed by atoms with Gasteiger partial charge in [0.15, 0.2) is 0 Å². The summed E-state index contributed by atoms with van der Waals surface area (Å²) in [5.74, 6) is 1.06. The average molecular weight is 1020 g/mol. The Kier molecular flexibility index (Phi) is 12.8. The molecule has 4 aromatic heterocycles. The largest absolute Gasteiger partial charge is 0.464 e. The van der Waals surface area contributed by atoms with Gasteiger partial charge in [-0.25, -0.2) is 23.9 Å². The van der Waals surface area contributed by atoms with E-state index in [1.54, 1.807) is 33.5 Å². The lowest BCUT2D eigenvalue weighted by Gasteiger charge is -2.40. The number of aromatic amines is 2. The Labute approximate surface area is 426 Å². The summed E-state index contributed by atoms with van der Waals surface area (Å²) in [6.45, 7) is 9.29. The lowest BCUT2D eigenvalue weighted by Crippen LogP contribution is -2.54. The van der Waals surface area contributed by atoms with Gasteiger partial charge in [0.1, 0.15) is 35.3 Å². The fraction of sp³-hybridized carbons (Fsp3) is 0.481. The van der Waals surface area contributed by atoms with Gasteiger partial charge in [0.05, 0.1) is 77.3 Å². The summed E-state index contributed by atoms with van der Waals surface area (Å²) in [6.07, 6.45) is 8.05. The van der Waals surface area contributed by atoms with E-state index in [1.165, 1.54) is 25.2 Å². The third kappa shape index (κ3) is 9.23. The summed E-state index contributed by atoms with van der Waals surface area (Å²) in [4.78, 5) is 75.4. The topological polar surface area (TPSA) is 198 Å². The fourth-order valence-corrected chi connectivity index (χ4v) is 12.7. The lowest BCUT2D eigenvalue weighted by molar-refractivity contribution is -0.139. The van der Waals surface area contributed by atoms with E-state index in [1.807, 2.05) is 52.0 Å². The molecule has 1 aliphatic carbocycles. The molecule has 8 heterocycles. The molecule has 17 nitrogen and oxygen atoms in total. The van der Waals surface area contributed by atoms with Gasteiger partial charge in [0.25, 0.3) is 0 Å². The third-order valence-corrected chi connectivity index (χ3v) is 16.6. The van der Waals surface area contributed by atoms with E-state index in [0.717, 1.165) is 59.1 Å². The summed E-state index contributed by atoms with van der Waals surface area (Å²) >= 11 is 1.73. The van der Waals surface area contributed by atoms with Crippen molar-refractivity contribution in [2.24, 2.45) is 11.8 Å². The second-order valence-electron chi connectivity index (χ2n) is 21.1. The molecule has 4 N–H and O–H groups in total. The van der Waals surface area contributed by atoms with Gasteiger partial charge in [-0.3, -0.25) is 14.2 Å². The van der Waals surface area contributed by atoms with Crippen molar-refractivity contribution >= 4 is 46.2 Å². The predicted molar refractivity (Wildman–Crippen MR) is 271 cm³/mol. The summed E-state index contributed by atoms with van der Waals surface area (Å²) in [5, 5.41) is 6.44. The number of nitrogens with zero attached hydrogens (tertiary/aromatic N) is 5. The maximum Gasteiger partial charge on any atom is 0.407 e. The number of nitrogens with one attached hydrogen (secondary N) is 4. The van der Waals surface area contributed by atoms with Gasteiger partial charge in [-0.05, 0) is 125 Å². The maximum atomic E-state index is 17.1. The third-order valence-electron chi connectivity index (χ3n) is 15.3. The van der Waals surface area contributed by atoms with Crippen molar-refractivity contribution < 1.29 is 42.5 Å². The van der Waals surface area contributed by atoms with E-state index in [0.29, 0.717) is 84.8 Å². The Morgan fingerprint density at radius 2 is 1.47 bits per heavy atom. The number of H-pyrrole nitrogens is 2. The molecule has 4 amide bonds. The zero-order valence-corrected chi connectivity index (χ0v) is 42.8. The summed E-state index contributed by atoms with van der Waals surface area (Å²) < 4.78 is 41.8. The number of thiophene rings is 1. The minimum Gasteiger partial charge on any atom is -0.464 e. The van der Waals surface area contributed by atoms with Crippen LogP contribution in [0.1, 0.15) is 125 Å². The quantitative estimate of drug-likeness (QED) is 0.0916. The molecule has 6 atom stereocenters. The van der Waals surface area contributed by atoms with Gasteiger partial charge in [-0.1, -0.05) is 19.9 Å². The molecule has 2 aromatic carbocycles. The molecule has 0 spiro atoms. The van der Waals surface area contributed by atoms with E-state index in [2.05, 4.69) is 43.4 Å². The van der Waals surface area contributed by atoms with E-state index >= 15 is 4.39 Å². The van der Waals surface area contributed by atoms with Gasteiger partial charge in [-0.2, -0.15) is 0 Å². The molecule has 6 aromatic rings. The lowest BCUT2D eigenvalue weighted by atomic mass is 9.82. The molecule has 4 fully saturated rings. The molecule has 19 heteroatoms. The number of aromatic nitrogens is 5. The van der Waals surface area contributed by atoms with Crippen LogP contribution < -0.4 is 15.4 Å². The average Bonchev–Trinajstić information content (AvgIpc) is 4.11. The first-order chi connectivity index (χ1) is 35.2. The Morgan fingerprint density at radius 3 is 2.12 bits per heavy atom. The van der Waals surface area contributed by atoms with Crippen molar-refractivity contribution in [3.05, 3.63) is 88.1 Å². The van der Waals surface area contributed by atoms with E-state index in [4.69, 9.17) is 28.9 Å². The number of halogens is 1. The summed E-state index contributed by atoms with van der Waals surface area (Å²) in [7, 11) is 2.57. The predicted octanol–water partition coefficient (Wildman–Crippen LogP) is 9.74. The van der Waals surface area contributed by atoms with Gasteiger partial charge >= 0.3 is 12.2 Å². The van der Waals surface area contributed by atoms with Gasteiger partial charge in [0.2, 0.25) is 18.0 Å². The van der Waals surface area contributed by atoms with Crippen molar-refractivity contribution in [2.45, 2.75) is 121 Å². The van der Waals surface area contributed by atoms with Gasteiger partial charge in [-0.15, -0.1) is 11.3 Å². The normalized spacial score (nSPS) is 22.1. The molecule has 0 unspecified atom stereocenters. The first-order valence-electron chi connectivity index (χ1n) is 25.5. The number of rotatable bonds is 12. The molecule has 73 heavy (non-hydrogen) atoms. The Balaban J connectivity index is 0.893. The number of carbonyl (C=O) groups is 4. The standard InChI is InChI=1S/C54H62FN9O8S/c1-28(2)45(60-52(67)69-5)49(65)62-18-7-9-38(62)47-56-26-35(58-47)30-13-14-37-33(21-30)23-40-44-34(55)22-32(24-41(44)72-51(64(37)40)43-16-15-42(73-43)29-11-12-29)36-27-57-48(59-36)39-10-8-19-63(39)50(66)46(61-53(68)70-6)31-17-20-71-54(3,4)25-31/h13-16,21-24,26-29,31,38-39,45-46,51H,7-12,17-20,25H2,1-6H3,(H,56,58)(H,57,59)(H,60,67)(H,61,68)/t31-,38+,39+,45+,46+,51+/m1/s1. The van der Waals surface area contributed by atoms with E-state index in [-0.39, 0.29) is 35.7 Å². The number of hydrogen-bond donors (Lipinski definition) is 4. The van der Waals surface area contributed by atoms with E-state index < -0.39 is 41.9 Å². The van der Waals surface area contributed by atoms with Gasteiger partial charge in [0, 0.05) is 41.1 Å². The maximum absolute atomic E-state index is 17.1. The molecule has 0 bridgehead atoms. The zero-order chi connectivity index (χ0) is 50.9. The second-order valence-corrected chi connectivity index (χ2v) is 22.2. The Bertz CT molecular complexity index is 3100. The van der Waals surface area contributed by atoms with Gasteiger partial charge < -0.3 is 49.3 Å². The molecular weight excluding hydrogens is 954 g/mol. The number of likely N-dealkylation sites (tertiary alicyclic amines) is 2. The highest BCUT2D eigenvalue weighted by atomic mass is 32.1. The molecule has 11 rings (SSSR count). The first-order valence-corrected chi connectivity index (χ1v) is 26.3. The number of imidazole rings is 2. The molecule has 0 radical (unpaired) electrons. The van der Waals surface area contributed by atoms with Crippen LogP contribution in [-0.4, -0.2) is 110 Å². The van der Waals surface area contributed by atoms with Crippen molar-refractivity contribution in [1.82, 2.24) is 44.9 Å². The highest BCUT2D eigenvalue weighted by Crippen LogP contribution is 2.50. The number of carbonyl (C=O) groups excluding carboxylic acids is 4. The minimum atomic E-state index is -0.802. The molecule has 5 aliphatic rings. The highest BCUT2D eigenvalue weighted by Gasteiger charge is 2.44.